The van der Waals surface area contributed by atoms with E-state index in [-0.39, 0.29) is 11.5 Å². The first-order valence-corrected chi connectivity index (χ1v) is 12.5. The topological polar surface area (TPSA) is 84.8 Å². The van der Waals surface area contributed by atoms with Gasteiger partial charge in [0.15, 0.2) is 0 Å². The molecule has 0 aliphatic carbocycles. The fraction of sp³-hybridized carbons (Fsp3) is 0.429. The van der Waals surface area contributed by atoms with Gasteiger partial charge in [0, 0.05) is 50.2 Å². The molecule has 1 aromatic heterocycles. The zero-order valence-corrected chi connectivity index (χ0v) is 21.6. The van der Waals surface area contributed by atoms with Crippen LogP contribution in [0.2, 0.25) is 0 Å². The van der Waals surface area contributed by atoms with E-state index in [1.807, 2.05) is 24.3 Å². The Labute approximate surface area is 212 Å². The summed E-state index contributed by atoms with van der Waals surface area (Å²) in [6, 6.07) is 13.7. The summed E-state index contributed by atoms with van der Waals surface area (Å²) in [7, 11) is 4.86. The molecule has 4 rings (SSSR count). The number of fused-ring (bicyclic) bond motifs is 1. The van der Waals surface area contributed by atoms with Crippen LogP contribution in [-0.4, -0.2) is 62.3 Å². The van der Waals surface area contributed by atoms with Gasteiger partial charge in [0.1, 0.15) is 11.5 Å². The summed E-state index contributed by atoms with van der Waals surface area (Å²) < 4.78 is 12.5. The average molecular weight is 493 g/mol. The SMILES string of the molecule is CNC(=O)c1cc(=O)n(CCN2CCC(NCc3ccc(OC)c(C)c3)CC2)c2cc(OC)ccc12. The maximum absolute atomic E-state index is 13.0. The number of methoxy groups -OCH3 is 2. The normalized spacial score (nSPS) is 14.7. The Morgan fingerprint density at radius 2 is 1.81 bits per heavy atom. The number of carbonyl (C=O) groups is 1. The van der Waals surface area contributed by atoms with E-state index in [1.54, 1.807) is 25.8 Å². The Kier molecular flexibility index (Phi) is 8.28. The molecular formula is C28H36N4O4. The van der Waals surface area contributed by atoms with Crippen LogP contribution in [0.15, 0.2) is 47.3 Å². The first kappa shape index (κ1) is 25.7. The Bertz CT molecular complexity index is 1280. The molecule has 2 aromatic carbocycles. The highest BCUT2D eigenvalue weighted by molar-refractivity contribution is 6.06. The molecule has 1 saturated heterocycles. The Morgan fingerprint density at radius 3 is 2.47 bits per heavy atom. The van der Waals surface area contributed by atoms with Crippen molar-refractivity contribution in [1.29, 1.82) is 0 Å². The smallest absolute Gasteiger partial charge is 0.251 e. The number of aryl methyl sites for hydroxylation is 1. The molecule has 0 atom stereocenters. The van der Waals surface area contributed by atoms with Crippen molar-refractivity contribution in [2.45, 2.75) is 38.9 Å². The molecule has 1 aliphatic heterocycles. The number of rotatable bonds is 9. The summed E-state index contributed by atoms with van der Waals surface area (Å²) in [6.45, 7) is 6.20. The zero-order chi connectivity index (χ0) is 25.7. The van der Waals surface area contributed by atoms with E-state index in [0.717, 1.165) is 55.7 Å². The van der Waals surface area contributed by atoms with Crippen LogP contribution >= 0.6 is 0 Å². The number of hydrogen-bond acceptors (Lipinski definition) is 6. The predicted octanol–water partition coefficient (Wildman–Crippen LogP) is 2.94. The second-order valence-electron chi connectivity index (χ2n) is 9.31. The van der Waals surface area contributed by atoms with Crippen LogP contribution in [0.4, 0.5) is 0 Å². The number of ether oxygens (including phenoxy) is 2. The highest BCUT2D eigenvalue weighted by Gasteiger charge is 2.20. The lowest BCUT2D eigenvalue weighted by Gasteiger charge is -2.32. The first-order valence-electron chi connectivity index (χ1n) is 12.5. The lowest BCUT2D eigenvalue weighted by atomic mass is 10.0. The van der Waals surface area contributed by atoms with Gasteiger partial charge in [-0.05, 0) is 62.2 Å². The molecule has 0 unspecified atom stereocenters. The molecule has 8 heteroatoms. The lowest BCUT2D eigenvalue weighted by Crippen LogP contribution is -2.43. The quantitative estimate of drug-likeness (QED) is 0.478. The minimum atomic E-state index is -0.270. The van der Waals surface area contributed by atoms with Crippen LogP contribution in [0.3, 0.4) is 0 Å². The first-order chi connectivity index (χ1) is 17.4. The lowest BCUT2D eigenvalue weighted by molar-refractivity contribution is 0.0964. The molecule has 1 amide bonds. The fourth-order valence-corrected chi connectivity index (χ4v) is 4.96. The Balaban J connectivity index is 1.37. The van der Waals surface area contributed by atoms with Crippen molar-refractivity contribution in [3.63, 3.8) is 0 Å². The highest BCUT2D eigenvalue weighted by atomic mass is 16.5. The van der Waals surface area contributed by atoms with Gasteiger partial charge in [-0.3, -0.25) is 9.59 Å². The van der Waals surface area contributed by atoms with Crippen molar-refractivity contribution in [2.75, 3.05) is 40.9 Å². The summed E-state index contributed by atoms with van der Waals surface area (Å²) in [5.41, 5.74) is 3.33. The van der Waals surface area contributed by atoms with Gasteiger partial charge in [0.25, 0.3) is 11.5 Å². The fourth-order valence-electron chi connectivity index (χ4n) is 4.96. The Hall–Kier alpha value is -3.36. The second-order valence-corrected chi connectivity index (χ2v) is 9.31. The molecule has 0 spiro atoms. The van der Waals surface area contributed by atoms with Gasteiger partial charge >= 0.3 is 0 Å². The van der Waals surface area contributed by atoms with Crippen molar-refractivity contribution in [2.24, 2.45) is 0 Å². The van der Waals surface area contributed by atoms with Crippen LogP contribution in [0.25, 0.3) is 10.9 Å². The second kappa shape index (κ2) is 11.6. The van der Waals surface area contributed by atoms with Gasteiger partial charge in [-0.15, -0.1) is 0 Å². The number of likely N-dealkylation sites (tertiary alicyclic amines) is 1. The molecule has 36 heavy (non-hydrogen) atoms. The summed E-state index contributed by atoms with van der Waals surface area (Å²) in [6.07, 6.45) is 2.13. The molecule has 192 valence electrons. The standard InChI is InChI=1S/C28H36N4O4/c1-19-15-20(5-8-26(19)36-4)18-30-21-9-11-31(12-10-21)13-14-32-25-16-22(35-3)6-7-23(25)24(17-27(32)33)28(34)29-2/h5-8,15-17,21,30H,9-14,18H2,1-4H3,(H,29,34). The van der Waals surface area contributed by atoms with Gasteiger partial charge in [-0.2, -0.15) is 0 Å². The molecule has 0 saturated carbocycles. The van der Waals surface area contributed by atoms with Crippen LogP contribution in [0.1, 0.15) is 34.3 Å². The molecule has 1 aliphatic rings. The van der Waals surface area contributed by atoms with E-state index >= 15 is 0 Å². The Morgan fingerprint density at radius 1 is 1.03 bits per heavy atom. The molecule has 1 fully saturated rings. The molecule has 8 nitrogen and oxygen atoms in total. The van der Waals surface area contributed by atoms with E-state index in [4.69, 9.17) is 9.47 Å². The van der Waals surface area contributed by atoms with E-state index in [2.05, 4.69) is 34.6 Å². The number of piperidine rings is 1. The highest BCUT2D eigenvalue weighted by Crippen LogP contribution is 2.23. The largest absolute Gasteiger partial charge is 0.497 e. The minimum Gasteiger partial charge on any atom is -0.497 e. The monoisotopic (exact) mass is 492 g/mol. The third-order valence-corrected chi connectivity index (χ3v) is 7.07. The minimum absolute atomic E-state index is 0.180. The van der Waals surface area contributed by atoms with Gasteiger partial charge in [0.05, 0.1) is 25.3 Å². The number of carbonyl (C=O) groups excluding carboxylic acids is 1. The van der Waals surface area contributed by atoms with E-state index in [9.17, 15) is 9.59 Å². The molecular weight excluding hydrogens is 456 g/mol. The summed E-state index contributed by atoms with van der Waals surface area (Å²) in [5, 5.41) is 7.06. The summed E-state index contributed by atoms with van der Waals surface area (Å²) in [4.78, 5) is 27.8. The average Bonchev–Trinajstić information content (AvgIpc) is 2.91. The maximum atomic E-state index is 13.0. The van der Waals surface area contributed by atoms with Crippen molar-refractivity contribution in [1.82, 2.24) is 20.1 Å². The van der Waals surface area contributed by atoms with E-state index in [1.165, 1.54) is 11.6 Å². The number of aromatic nitrogens is 1. The van der Waals surface area contributed by atoms with Gasteiger partial charge in [-0.25, -0.2) is 0 Å². The third-order valence-electron chi connectivity index (χ3n) is 7.07. The number of pyridine rings is 1. The van der Waals surface area contributed by atoms with Gasteiger partial charge in [-0.1, -0.05) is 12.1 Å². The number of nitrogens with zero attached hydrogens (tertiary/aromatic N) is 2. The van der Waals surface area contributed by atoms with Crippen LogP contribution < -0.4 is 25.7 Å². The number of hydrogen-bond donors (Lipinski definition) is 2. The van der Waals surface area contributed by atoms with Crippen LogP contribution in [0, 0.1) is 6.92 Å². The van der Waals surface area contributed by atoms with Crippen LogP contribution in [0.5, 0.6) is 11.5 Å². The number of benzene rings is 2. The number of amides is 1. The molecule has 2 N–H and O–H groups in total. The summed E-state index contributed by atoms with van der Waals surface area (Å²) in [5.74, 6) is 1.30. The molecule has 3 aromatic rings. The van der Waals surface area contributed by atoms with Crippen molar-refractivity contribution >= 4 is 16.8 Å². The van der Waals surface area contributed by atoms with Gasteiger partial charge in [0.2, 0.25) is 0 Å². The molecule has 0 radical (unpaired) electrons. The summed E-state index contributed by atoms with van der Waals surface area (Å²) >= 11 is 0. The zero-order valence-electron chi connectivity index (χ0n) is 21.6. The molecule has 2 heterocycles. The van der Waals surface area contributed by atoms with Crippen molar-refractivity contribution in [3.8, 4) is 11.5 Å². The number of nitrogens with one attached hydrogen (secondary N) is 2. The van der Waals surface area contributed by atoms with Gasteiger partial charge < -0.3 is 29.6 Å². The van der Waals surface area contributed by atoms with Crippen molar-refractivity contribution < 1.29 is 14.3 Å². The van der Waals surface area contributed by atoms with Crippen LogP contribution in [-0.2, 0) is 13.1 Å². The maximum Gasteiger partial charge on any atom is 0.251 e. The predicted molar refractivity (Wildman–Crippen MR) is 142 cm³/mol. The third kappa shape index (κ3) is 5.71. The molecule has 0 bridgehead atoms. The van der Waals surface area contributed by atoms with E-state index in [0.29, 0.717) is 29.4 Å². The van der Waals surface area contributed by atoms with E-state index < -0.39 is 0 Å². The van der Waals surface area contributed by atoms with Crippen molar-refractivity contribution in [3.05, 3.63) is 69.5 Å².